The standard InChI is InChI=1S/C5H12N2O.ClH/c1-5(8)7-4-2-3-6;/h2-4,6H2,1H3,(H,7,8);1H. The molecule has 0 atom stereocenters. The van der Waals surface area contributed by atoms with Crippen LogP contribution in [0.5, 0.6) is 0 Å². The summed E-state index contributed by atoms with van der Waals surface area (Å²) in [5.41, 5.74) is 5.16. The molecular formula is C5H13ClN2O. The zero-order chi connectivity index (χ0) is 6.41. The van der Waals surface area contributed by atoms with Crippen molar-refractivity contribution in [3.63, 3.8) is 0 Å². The maximum atomic E-state index is 10.2. The largest absolute Gasteiger partial charge is 0.356 e. The van der Waals surface area contributed by atoms with Crippen molar-refractivity contribution in [3.8, 4) is 0 Å². The molecule has 0 aliphatic rings. The number of amides is 1. The van der Waals surface area contributed by atoms with Crippen LogP contribution >= 0.6 is 12.4 Å². The van der Waals surface area contributed by atoms with Gasteiger partial charge < -0.3 is 11.1 Å². The predicted molar refractivity (Wildman–Crippen MR) is 39.6 cm³/mol. The summed E-state index contributed by atoms with van der Waals surface area (Å²) < 4.78 is 0. The van der Waals surface area contributed by atoms with Gasteiger partial charge in [0.05, 0.1) is 0 Å². The summed E-state index contributed by atoms with van der Waals surface area (Å²) in [6, 6.07) is 0. The molecule has 56 valence electrons. The molecule has 0 bridgehead atoms. The predicted octanol–water partition coefficient (Wildman–Crippen LogP) is -0.107. The monoisotopic (exact) mass is 152 g/mol. The number of halogens is 1. The van der Waals surface area contributed by atoms with E-state index in [9.17, 15) is 4.79 Å². The lowest BCUT2D eigenvalue weighted by atomic mass is 10.4. The normalized spacial score (nSPS) is 7.78. The van der Waals surface area contributed by atoms with Gasteiger partial charge in [-0.1, -0.05) is 0 Å². The number of hydrogen-bond acceptors (Lipinski definition) is 2. The lowest BCUT2D eigenvalue weighted by Gasteiger charge is -1.96. The minimum atomic E-state index is 0. The Labute approximate surface area is 61.4 Å². The van der Waals surface area contributed by atoms with Crippen LogP contribution in [0.25, 0.3) is 0 Å². The Hall–Kier alpha value is -0.280. The number of hydrogen-bond donors (Lipinski definition) is 2. The molecule has 3 nitrogen and oxygen atoms in total. The molecule has 0 heterocycles. The molecule has 0 saturated heterocycles. The molecule has 0 aliphatic heterocycles. The Morgan fingerprint density at radius 1 is 1.67 bits per heavy atom. The fourth-order valence-corrected chi connectivity index (χ4v) is 0.366. The van der Waals surface area contributed by atoms with Crippen LogP contribution in [-0.4, -0.2) is 19.0 Å². The Morgan fingerprint density at radius 2 is 2.22 bits per heavy atom. The summed E-state index contributed by atoms with van der Waals surface area (Å²) in [6.07, 6.45) is 0.861. The summed E-state index contributed by atoms with van der Waals surface area (Å²) in [5.74, 6) is 0.0125. The summed E-state index contributed by atoms with van der Waals surface area (Å²) in [5, 5.41) is 2.63. The number of nitrogens with one attached hydrogen (secondary N) is 1. The smallest absolute Gasteiger partial charge is 0.216 e. The molecule has 0 fully saturated rings. The van der Waals surface area contributed by atoms with Gasteiger partial charge in [0.25, 0.3) is 0 Å². The summed E-state index contributed by atoms with van der Waals surface area (Å²) >= 11 is 0. The van der Waals surface area contributed by atoms with Gasteiger partial charge in [-0.2, -0.15) is 0 Å². The third-order valence-electron chi connectivity index (χ3n) is 0.755. The van der Waals surface area contributed by atoms with Crippen molar-refractivity contribution in [2.75, 3.05) is 13.1 Å². The van der Waals surface area contributed by atoms with Crippen LogP contribution in [0.3, 0.4) is 0 Å². The molecule has 0 aliphatic carbocycles. The fraction of sp³-hybridized carbons (Fsp3) is 0.800. The molecule has 0 radical (unpaired) electrons. The van der Waals surface area contributed by atoms with Crippen LogP contribution in [0.15, 0.2) is 0 Å². The zero-order valence-corrected chi connectivity index (χ0v) is 6.33. The van der Waals surface area contributed by atoms with E-state index in [1.807, 2.05) is 0 Å². The van der Waals surface area contributed by atoms with Gasteiger partial charge in [-0.05, 0) is 13.0 Å². The molecule has 0 aromatic heterocycles. The van der Waals surface area contributed by atoms with Gasteiger partial charge in [-0.25, -0.2) is 0 Å². The first kappa shape index (κ1) is 11.5. The van der Waals surface area contributed by atoms with Crippen LogP contribution in [0.2, 0.25) is 0 Å². The van der Waals surface area contributed by atoms with Crippen LogP contribution in [0, 0.1) is 0 Å². The minimum Gasteiger partial charge on any atom is -0.356 e. The maximum absolute atomic E-state index is 10.2. The highest BCUT2D eigenvalue weighted by molar-refractivity contribution is 5.85. The number of carbonyl (C=O) groups is 1. The second-order valence-electron chi connectivity index (χ2n) is 1.63. The van der Waals surface area contributed by atoms with Crippen molar-refractivity contribution in [2.24, 2.45) is 5.73 Å². The molecule has 1 amide bonds. The lowest BCUT2D eigenvalue weighted by Crippen LogP contribution is -2.22. The third-order valence-corrected chi connectivity index (χ3v) is 0.755. The third kappa shape index (κ3) is 11.3. The van der Waals surface area contributed by atoms with Crippen molar-refractivity contribution in [1.82, 2.24) is 5.32 Å². The summed E-state index contributed by atoms with van der Waals surface area (Å²) in [7, 11) is 0. The first-order valence-corrected chi connectivity index (χ1v) is 2.72. The van der Waals surface area contributed by atoms with Gasteiger partial charge in [-0.3, -0.25) is 4.79 Å². The number of nitrogens with two attached hydrogens (primary N) is 1. The second-order valence-corrected chi connectivity index (χ2v) is 1.63. The second kappa shape index (κ2) is 7.72. The molecule has 0 aromatic carbocycles. The maximum Gasteiger partial charge on any atom is 0.216 e. The van der Waals surface area contributed by atoms with Gasteiger partial charge in [0.15, 0.2) is 0 Å². The summed E-state index contributed by atoms with van der Waals surface area (Å²) in [4.78, 5) is 10.2. The molecule has 3 N–H and O–H groups in total. The zero-order valence-electron chi connectivity index (χ0n) is 5.52. The molecule has 0 unspecified atom stereocenters. The number of carbonyl (C=O) groups excluding carboxylic acids is 1. The molecule has 0 rings (SSSR count). The van der Waals surface area contributed by atoms with Crippen LogP contribution < -0.4 is 11.1 Å². The van der Waals surface area contributed by atoms with E-state index in [1.54, 1.807) is 0 Å². The van der Waals surface area contributed by atoms with E-state index in [1.165, 1.54) is 6.92 Å². The van der Waals surface area contributed by atoms with E-state index >= 15 is 0 Å². The topological polar surface area (TPSA) is 55.1 Å². The molecule has 9 heavy (non-hydrogen) atoms. The van der Waals surface area contributed by atoms with E-state index in [0.717, 1.165) is 6.42 Å². The highest BCUT2D eigenvalue weighted by Crippen LogP contribution is 1.67. The SMILES string of the molecule is CC(=O)NCCCN.Cl. The first-order chi connectivity index (χ1) is 3.77. The van der Waals surface area contributed by atoms with Gasteiger partial charge in [-0.15, -0.1) is 12.4 Å². The van der Waals surface area contributed by atoms with E-state index in [4.69, 9.17) is 5.73 Å². The number of rotatable bonds is 3. The van der Waals surface area contributed by atoms with Crippen molar-refractivity contribution < 1.29 is 4.79 Å². The minimum absolute atomic E-state index is 0. The average Bonchev–Trinajstić information content (AvgIpc) is 1.66. The van der Waals surface area contributed by atoms with Crippen molar-refractivity contribution in [2.45, 2.75) is 13.3 Å². The van der Waals surface area contributed by atoms with Gasteiger partial charge in [0, 0.05) is 13.5 Å². The van der Waals surface area contributed by atoms with Crippen LogP contribution in [-0.2, 0) is 4.79 Å². The van der Waals surface area contributed by atoms with E-state index in [-0.39, 0.29) is 18.3 Å². The average molecular weight is 153 g/mol. The Bertz CT molecular complexity index is 77.4. The lowest BCUT2D eigenvalue weighted by molar-refractivity contribution is -0.118. The molecule has 4 heteroatoms. The van der Waals surface area contributed by atoms with E-state index in [2.05, 4.69) is 5.32 Å². The Kier molecular flexibility index (Phi) is 9.87. The first-order valence-electron chi connectivity index (χ1n) is 2.72. The van der Waals surface area contributed by atoms with Gasteiger partial charge >= 0.3 is 0 Å². The van der Waals surface area contributed by atoms with Crippen molar-refractivity contribution in [1.29, 1.82) is 0 Å². The van der Waals surface area contributed by atoms with E-state index in [0.29, 0.717) is 13.1 Å². The highest BCUT2D eigenvalue weighted by atomic mass is 35.5. The van der Waals surface area contributed by atoms with E-state index < -0.39 is 0 Å². The Morgan fingerprint density at radius 3 is 2.56 bits per heavy atom. The molecule has 0 spiro atoms. The van der Waals surface area contributed by atoms with Crippen LogP contribution in [0.4, 0.5) is 0 Å². The molecule has 0 saturated carbocycles. The fourth-order valence-electron chi connectivity index (χ4n) is 0.366. The highest BCUT2D eigenvalue weighted by Gasteiger charge is 1.85. The quantitative estimate of drug-likeness (QED) is 0.555. The van der Waals surface area contributed by atoms with Crippen molar-refractivity contribution >= 4 is 18.3 Å². The summed E-state index contributed by atoms with van der Waals surface area (Å²) in [6.45, 7) is 2.84. The van der Waals surface area contributed by atoms with Gasteiger partial charge in [0.2, 0.25) is 5.91 Å². The molecular weight excluding hydrogens is 140 g/mol. The van der Waals surface area contributed by atoms with Crippen LogP contribution in [0.1, 0.15) is 13.3 Å². The molecule has 0 aromatic rings. The Balaban J connectivity index is 0. The van der Waals surface area contributed by atoms with Crippen molar-refractivity contribution in [3.05, 3.63) is 0 Å². The van der Waals surface area contributed by atoms with Gasteiger partial charge in [0.1, 0.15) is 0 Å².